The second-order valence-electron chi connectivity index (χ2n) is 7.51. The fourth-order valence-electron chi connectivity index (χ4n) is 3.19. The van der Waals surface area contributed by atoms with E-state index in [-0.39, 0.29) is 10.8 Å². The molecule has 0 aromatic carbocycles. The molecule has 1 aromatic rings. The van der Waals surface area contributed by atoms with Gasteiger partial charge in [-0.1, -0.05) is 19.3 Å². The number of rotatable bonds is 4. The summed E-state index contributed by atoms with van der Waals surface area (Å²) in [7, 11) is 1.99. The van der Waals surface area contributed by atoms with Crippen molar-refractivity contribution in [2.45, 2.75) is 64.0 Å². The molecule has 1 N–H and O–H groups in total. The molecule has 1 fully saturated rings. The second-order valence-corrected chi connectivity index (χ2v) is 8.70. The van der Waals surface area contributed by atoms with Gasteiger partial charge in [0.2, 0.25) is 5.28 Å². The fraction of sp³-hybridized carbons (Fsp3) is 0.706. The van der Waals surface area contributed by atoms with Crippen LogP contribution in [0.2, 0.25) is 5.28 Å². The number of anilines is 1. The van der Waals surface area contributed by atoms with E-state index in [1.165, 1.54) is 6.42 Å². The summed E-state index contributed by atoms with van der Waals surface area (Å²) >= 11 is 9.49. The molecule has 6 nitrogen and oxygen atoms in total. The highest BCUT2D eigenvalue weighted by molar-refractivity contribution is 9.10. The summed E-state index contributed by atoms with van der Waals surface area (Å²) in [4.78, 5) is 22.6. The van der Waals surface area contributed by atoms with Crippen LogP contribution in [-0.4, -0.2) is 40.8 Å². The largest absolute Gasteiger partial charge is 0.444 e. The monoisotopic (exact) mass is 432 g/mol. The number of amides is 1. The van der Waals surface area contributed by atoms with Crippen molar-refractivity contribution in [2.75, 3.05) is 18.5 Å². The number of alkyl carbamates (subject to hydrolysis) is 1. The van der Waals surface area contributed by atoms with Gasteiger partial charge in [-0.2, -0.15) is 4.98 Å². The number of carbonyl (C=O) groups is 1. The molecule has 1 amide bonds. The first kappa shape index (κ1) is 20.2. The van der Waals surface area contributed by atoms with Gasteiger partial charge in [-0.25, -0.2) is 9.78 Å². The van der Waals surface area contributed by atoms with E-state index < -0.39 is 11.7 Å². The van der Waals surface area contributed by atoms with Gasteiger partial charge in [0.05, 0.1) is 10.0 Å². The smallest absolute Gasteiger partial charge is 0.407 e. The van der Waals surface area contributed by atoms with Crippen molar-refractivity contribution in [1.29, 1.82) is 0 Å². The Labute approximate surface area is 162 Å². The molecule has 1 aliphatic rings. The Balaban J connectivity index is 2.19. The highest BCUT2D eigenvalue weighted by Crippen LogP contribution is 2.37. The predicted molar refractivity (Wildman–Crippen MR) is 103 cm³/mol. The number of hydrogen-bond acceptors (Lipinski definition) is 5. The summed E-state index contributed by atoms with van der Waals surface area (Å²) in [6.07, 6.45) is 6.60. The van der Waals surface area contributed by atoms with Crippen LogP contribution in [0.15, 0.2) is 10.7 Å². The van der Waals surface area contributed by atoms with Crippen molar-refractivity contribution in [3.63, 3.8) is 0 Å². The molecule has 0 spiro atoms. The standard InChI is InChI=1S/C17H26BrClN4O2/c1-16(2,3)25-15(24)21-11-17(8-6-5-7-9-17)23(4)13-12(18)10-20-14(19)22-13/h10H,5-9,11H2,1-4H3,(H,21,24). The molecule has 0 aliphatic heterocycles. The van der Waals surface area contributed by atoms with E-state index in [1.807, 2.05) is 27.8 Å². The Morgan fingerprint density at radius 1 is 1.40 bits per heavy atom. The summed E-state index contributed by atoms with van der Waals surface area (Å²) < 4.78 is 6.16. The van der Waals surface area contributed by atoms with Gasteiger partial charge in [0.15, 0.2) is 0 Å². The maximum Gasteiger partial charge on any atom is 0.407 e. The molecule has 1 heterocycles. The maximum atomic E-state index is 12.1. The number of carbonyl (C=O) groups excluding carboxylic acids is 1. The minimum atomic E-state index is -0.515. The SMILES string of the molecule is CN(c1nc(Cl)ncc1Br)C1(CNC(=O)OC(C)(C)C)CCCCC1. The van der Waals surface area contributed by atoms with E-state index in [2.05, 4.69) is 36.1 Å². The molecule has 0 radical (unpaired) electrons. The van der Waals surface area contributed by atoms with Gasteiger partial charge in [-0.15, -0.1) is 0 Å². The van der Waals surface area contributed by atoms with Gasteiger partial charge in [0.1, 0.15) is 11.4 Å². The van der Waals surface area contributed by atoms with E-state index in [0.29, 0.717) is 6.54 Å². The minimum Gasteiger partial charge on any atom is -0.444 e. The van der Waals surface area contributed by atoms with Gasteiger partial charge in [0, 0.05) is 19.8 Å². The maximum absolute atomic E-state index is 12.1. The number of nitrogens with zero attached hydrogens (tertiary/aromatic N) is 3. The van der Waals surface area contributed by atoms with Crippen molar-refractivity contribution < 1.29 is 9.53 Å². The molecule has 25 heavy (non-hydrogen) atoms. The lowest BCUT2D eigenvalue weighted by atomic mass is 9.80. The van der Waals surface area contributed by atoms with Crippen LogP contribution in [0.3, 0.4) is 0 Å². The Morgan fingerprint density at radius 2 is 2.04 bits per heavy atom. The second kappa shape index (κ2) is 8.08. The third-order valence-corrected chi connectivity index (χ3v) is 5.21. The van der Waals surface area contributed by atoms with Crippen molar-refractivity contribution in [3.8, 4) is 0 Å². The number of nitrogens with one attached hydrogen (secondary N) is 1. The van der Waals surface area contributed by atoms with Crippen LogP contribution in [0, 0.1) is 0 Å². The first-order valence-electron chi connectivity index (χ1n) is 8.52. The summed E-state index contributed by atoms with van der Waals surface area (Å²) in [6.45, 7) is 6.06. The van der Waals surface area contributed by atoms with Crippen LogP contribution in [0.5, 0.6) is 0 Å². The van der Waals surface area contributed by atoms with Crippen LogP contribution in [0.1, 0.15) is 52.9 Å². The molecule has 8 heteroatoms. The number of halogens is 2. The highest BCUT2D eigenvalue weighted by atomic mass is 79.9. The first-order chi connectivity index (χ1) is 11.6. The fourth-order valence-corrected chi connectivity index (χ4v) is 3.77. The molecule has 0 bridgehead atoms. The van der Waals surface area contributed by atoms with Gasteiger partial charge < -0.3 is 15.0 Å². The molecule has 1 saturated carbocycles. The number of likely N-dealkylation sites (N-methyl/N-ethyl adjacent to an activating group) is 1. The molecule has 0 saturated heterocycles. The van der Waals surface area contributed by atoms with E-state index >= 15 is 0 Å². The van der Waals surface area contributed by atoms with Gasteiger partial charge in [-0.3, -0.25) is 0 Å². The van der Waals surface area contributed by atoms with Crippen LogP contribution < -0.4 is 10.2 Å². The van der Waals surface area contributed by atoms with E-state index in [1.54, 1.807) is 6.20 Å². The molecule has 2 rings (SSSR count). The third kappa shape index (κ3) is 5.45. The highest BCUT2D eigenvalue weighted by Gasteiger charge is 2.38. The Hall–Kier alpha value is -1.08. The zero-order chi connectivity index (χ0) is 18.7. The lowest BCUT2D eigenvalue weighted by molar-refractivity contribution is 0.0508. The Morgan fingerprint density at radius 3 is 2.64 bits per heavy atom. The summed E-state index contributed by atoms with van der Waals surface area (Å²) in [5.41, 5.74) is -0.742. The molecule has 140 valence electrons. The van der Waals surface area contributed by atoms with E-state index in [9.17, 15) is 4.79 Å². The molecule has 1 aromatic heterocycles. The van der Waals surface area contributed by atoms with Gasteiger partial charge in [-0.05, 0) is 61.1 Å². The minimum absolute atomic E-state index is 0.205. The number of hydrogen-bond donors (Lipinski definition) is 1. The van der Waals surface area contributed by atoms with Crippen LogP contribution >= 0.6 is 27.5 Å². The van der Waals surface area contributed by atoms with Gasteiger partial charge >= 0.3 is 6.09 Å². The first-order valence-corrected chi connectivity index (χ1v) is 9.69. The molecule has 1 aliphatic carbocycles. The predicted octanol–water partition coefficient (Wildman–Crippen LogP) is 4.56. The van der Waals surface area contributed by atoms with E-state index in [0.717, 1.165) is 36.0 Å². The normalized spacial score (nSPS) is 17.0. The van der Waals surface area contributed by atoms with Crippen molar-refractivity contribution in [1.82, 2.24) is 15.3 Å². The van der Waals surface area contributed by atoms with Crippen LogP contribution in [0.25, 0.3) is 0 Å². The molecular formula is C17H26BrClN4O2. The third-order valence-electron chi connectivity index (χ3n) is 4.47. The van der Waals surface area contributed by atoms with Crippen LogP contribution in [0.4, 0.5) is 10.6 Å². The molecular weight excluding hydrogens is 408 g/mol. The Kier molecular flexibility index (Phi) is 6.54. The average molecular weight is 434 g/mol. The average Bonchev–Trinajstić information content (AvgIpc) is 2.54. The summed E-state index contributed by atoms with van der Waals surface area (Å²) in [5.74, 6) is 0.730. The number of aromatic nitrogens is 2. The molecule has 0 unspecified atom stereocenters. The topological polar surface area (TPSA) is 67.4 Å². The summed E-state index contributed by atoms with van der Waals surface area (Å²) in [6, 6.07) is 0. The lowest BCUT2D eigenvalue weighted by Crippen LogP contribution is -2.56. The lowest BCUT2D eigenvalue weighted by Gasteiger charge is -2.45. The zero-order valence-corrected chi connectivity index (χ0v) is 17.6. The number of ether oxygens (including phenoxy) is 1. The molecule has 0 atom stereocenters. The van der Waals surface area contributed by atoms with Crippen LogP contribution in [-0.2, 0) is 4.74 Å². The Bertz CT molecular complexity index is 615. The van der Waals surface area contributed by atoms with Gasteiger partial charge in [0.25, 0.3) is 0 Å². The zero-order valence-electron chi connectivity index (χ0n) is 15.2. The quantitative estimate of drug-likeness (QED) is 0.705. The van der Waals surface area contributed by atoms with Crippen molar-refractivity contribution in [2.24, 2.45) is 0 Å². The van der Waals surface area contributed by atoms with Crippen molar-refractivity contribution >= 4 is 39.4 Å². The van der Waals surface area contributed by atoms with E-state index in [4.69, 9.17) is 16.3 Å². The summed E-state index contributed by atoms with van der Waals surface area (Å²) in [5, 5.41) is 3.14. The van der Waals surface area contributed by atoms with Crippen molar-refractivity contribution in [3.05, 3.63) is 16.0 Å².